The maximum atomic E-state index is 13.3. The summed E-state index contributed by atoms with van der Waals surface area (Å²) in [5, 5.41) is 0. The van der Waals surface area contributed by atoms with Crippen molar-refractivity contribution in [2.24, 2.45) is 5.92 Å². The van der Waals surface area contributed by atoms with Gasteiger partial charge in [0.2, 0.25) is 20.0 Å². The van der Waals surface area contributed by atoms with Crippen molar-refractivity contribution in [3.8, 4) is 5.75 Å². The number of hydrogen-bond donors (Lipinski definition) is 0. The molecule has 2 aliphatic rings. The van der Waals surface area contributed by atoms with Crippen molar-refractivity contribution in [3.63, 3.8) is 0 Å². The van der Waals surface area contributed by atoms with Crippen molar-refractivity contribution >= 4 is 41.7 Å². The van der Waals surface area contributed by atoms with Gasteiger partial charge in [0.25, 0.3) is 0 Å². The molecule has 0 amide bonds. The van der Waals surface area contributed by atoms with Crippen LogP contribution < -0.4 is 9.64 Å². The Hall–Kier alpha value is -1.66. The third-order valence-electron chi connectivity index (χ3n) is 6.44. The van der Waals surface area contributed by atoms with Crippen LogP contribution in [-0.2, 0) is 20.0 Å². The molecular formula is C23H30BrN3O5S2. The third-order valence-corrected chi connectivity index (χ3v) is 10.7. The minimum absolute atomic E-state index is 0.238. The van der Waals surface area contributed by atoms with Crippen LogP contribution in [0.1, 0.15) is 19.8 Å². The number of piperidine rings is 1. The summed E-state index contributed by atoms with van der Waals surface area (Å²) >= 11 is 3.33. The summed E-state index contributed by atoms with van der Waals surface area (Å²) in [4.78, 5) is 2.48. The Balaban J connectivity index is 1.54. The topological polar surface area (TPSA) is 87.2 Å². The molecule has 0 unspecified atom stereocenters. The monoisotopic (exact) mass is 571 g/mol. The maximum Gasteiger partial charge on any atom is 0.243 e. The minimum Gasteiger partial charge on any atom is -0.495 e. The number of piperazine rings is 1. The lowest BCUT2D eigenvalue weighted by Crippen LogP contribution is -2.48. The van der Waals surface area contributed by atoms with Crippen LogP contribution >= 0.6 is 15.9 Å². The Bertz CT molecular complexity index is 1230. The molecule has 4 rings (SSSR count). The van der Waals surface area contributed by atoms with E-state index in [9.17, 15) is 16.8 Å². The van der Waals surface area contributed by atoms with Crippen LogP contribution in [0, 0.1) is 5.92 Å². The van der Waals surface area contributed by atoms with E-state index in [0.29, 0.717) is 56.6 Å². The standard InChI is InChI=1S/C23H30BrN3O5S2/c1-18-4-3-11-27(17-18)34(30,31)21-9-10-23(32-2)22(16-21)25-12-14-26(15-13-25)33(28,29)20-7-5-19(24)6-8-20/h5-10,16,18H,3-4,11-15,17H2,1-2H3/t18-/m0/s1. The van der Waals surface area contributed by atoms with E-state index < -0.39 is 20.0 Å². The second-order valence-electron chi connectivity index (χ2n) is 8.79. The Morgan fingerprint density at radius 2 is 1.47 bits per heavy atom. The summed E-state index contributed by atoms with van der Waals surface area (Å²) in [6, 6.07) is 11.5. The van der Waals surface area contributed by atoms with Gasteiger partial charge in [-0.15, -0.1) is 0 Å². The summed E-state index contributed by atoms with van der Waals surface area (Å²) in [5.74, 6) is 0.900. The van der Waals surface area contributed by atoms with Gasteiger partial charge < -0.3 is 9.64 Å². The largest absolute Gasteiger partial charge is 0.495 e. The fourth-order valence-corrected chi connectivity index (χ4v) is 7.82. The molecule has 0 aromatic heterocycles. The highest BCUT2D eigenvalue weighted by Crippen LogP contribution is 2.34. The molecule has 1 atom stereocenters. The second kappa shape index (κ2) is 10.1. The van der Waals surface area contributed by atoms with Crippen LogP contribution in [-0.4, -0.2) is 71.8 Å². The molecule has 2 aromatic rings. The molecule has 0 bridgehead atoms. The number of rotatable bonds is 6. The zero-order valence-electron chi connectivity index (χ0n) is 19.4. The smallest absolute Gasteiger partial charge is 0.243 e. The first kappa shape index (κ1) is 25.4. The van der Waals surface area contributed by atoms with E-state index in [1.165, 1.54) is 4.31 Å². The van der Waals surface area contributed by atoms with Crippen molar-refractivity contribution < 1.29 is 21.6 Å². The molecule has 11 heteroatoms. The highest BCUT2D eigenvalue weighted by atomic mass is 79.9. The molecule has 186 valence electrons. The van der Waals surface area contributed by atoms with Crippen LogP contribution in [0.3, 0.4) is 0 Å². The first-order valence-electron chi connectivity index (χ1n) is 11.3. The molecule has 0 spiro atoms. The lowest BCUT2D eigenvalue weighted by atomic mass is 10.0. The molecule has 2 heterocycles. The average Bonchev–Trinajstić information content (AvgIpc) is 2.84. The molecule has 2 saturated heterocycles. The van der Waals surface area contributed by atoms with Gasteiger partial charge in [0, 0.05) is 43.7 Å². The fourth-order valence-electron chi connectivity index (χ4n) is 4.52. The lowest BCUT2D eigenvalue weighted by molar-refractivity contribution is 0.281. The predicted molar refractivity (Wildman–Crippen MR) is 135 cm³/mol. The summed E-state index contributed by atoms with van der Waals surface area (Å²) in [5.41, 5.74) is 0.661. The van der Waals surface area contributed by atoms with E-state index in [2.05, 4.69) is 22.9 Å². The van der Waals surface area contributed by atoms with Gasteiger partial charge in [-0.05, 0) is 61.2 Å². The molecule has 2 aliphatic heterocycles. The summed E-state index contributed by atoms with van der Waals surface area (Å²) in [6.07, 6.45) is 1.89. The molecular weight excluding hydrogens is 542 g/mol. The summed E-state index contributed by atoms with van der Waals surface area (Å²) < 4.78 is 62.0. The lowest BCUT2D eigenvalue weighted by Gasteiger charge is -2.36. The van der Waals surface area contributed by atoms with Gasteiger partial charge in [-0.25, -0.2) is 16.8 Å². The van der Waals surface area contributed by atoms with Crippen molar-refractivity contribution in [2.45, 2.75) is 29.6 Å². The first-order chi connectivity index (χ1) is 16.1. The van der Waals surface area contributed by atoms with Crippen LogP contribution in [0.25, 0.3) is 0 Å². The summed E-state index contributed by atoms with van der Waals surface area (Å²) in [7, 11) is -5.66. The van der Waals surface area contributed by atoms with Crippen LogP contribution in [0.2, 0.25) is 0 Å². The number of ether oxygens (including phenoxy) is 1. The number of methoxy groups -OCH3 is 1. The van der Waals surface area contributed by atoms with E-state index in [4.69, 9.17) is 4.74 Å². The number of anilines is 1. The van der Waals surface area contributed by atoms with Gasteiger partial charge in [-0.1, -0.05) is 22.9 Å². The fraction of sp³-hybridized carbons (Fsp3) is 0.478. The Kier molecular flexibility index (Phi) is 7.58. The van der Waals surface area contributed by atoms with E-state index in [0.717, 1.165) is 17.3 Å². The zero-order valence-corrected chi connectivity index (χ0v) is 22.6. The van der Waals surface area contributed by atoms with Gasteiger partial charge in [0.1, 0.15) is 5.75 Å². The van der Waals surface area contributed by atoms with Crippen LogP contribution in [0.15, 0.2) is 56.7 Å². The first-order valence-corrected chi connectivity index (χ1v) is 15.0. The number of benzene rings is 2. The number of nitrogens with zero attached hydrogens (tertiary/aromatic N) is 3. The van der Waals surface area contributed by atoms with E-state index >= 15 is 0 Å². The Morgan fingerprint density at radius 3 is 2.09 bits per heavy atom. The molecule has 2 aromatic carbocycles. The van der Waals surface area contributed by atoms with Gasteiger partial charge in [0.05, 0.1) is 22.6 Å². The van der Waals surface area contributed by atoms with Crippen molar-refractivity contribution in [1.82, 2.24) is 8.61 Å². The summed E-state index contributed by atoms with van der Waals surface area (Å²) in [6.45, 7) is 4.57. The minimum atomic E-state index is -3.61. The highest BCUT2D eigenvalue weighted by molar-refractivity contribution is 9.10. The van der Waals surface area contributed by atoms with E-state index in [1.54, 1.807) is 53.9 Å². The van der Waals surface area contributed by atoms with Crippen molar-refractivity contribution in [1.29, 1.82) is 0 Å². The molecule has 8 nitrogen and oxygen atoms in total. The third kappa shape index (κ3) is 5.13. The number of sulfonamides is 2. The zero-order chi connectivity index (χ0) is 24.5. The molecule has 34 heavy (non-hydrogen) atoms. The van der Waals surface area contributed by atoms with Gasteiger partial charge in [-0.3, -0.25) is 0 Å². The Morgan fingerprint density at radius 1 is 0.853 bits per heavy atom. The van der Waals surface area contributed by atoms with Gasteiger partial charge in [0.15, 0.2) is 0 Å². The second-order valence-corrected chi connectivity index (χ2v) is 13.6. The SMILES string of the molecule is COc1ccc(S(=O)(=O)N2CCC[C@H](C)C2)cc1N1CCN(S(=O)(=O)c2ccc(Br)cc2)CC1. The van der Waals surface area contributed by atoms with E-state index in [-0.39, 0.29) is 9.79 Å². The molecule has 0 radical (unpaired) electrons. The highest BCUT2D eigenvalue weighted by Gasteiger charge is 2.32. The molecule has 0 aliphatic carbocycles. The Labute approximate surface area is 210 Å². The van der Waals surface area contributed by atoms with Crippen LogP contribution in [0.4, 0.5) is 5.69 Å². The van der Waals surface area contributed by atoms with Crippen molar-refractivity contribution in [3.05, 3.63) is 46.9 Å². The molecule has 2 fully saturated rings. The van der Waals surface area contributed by atoms with Gasteiger partial charge in [-0.2, -0.15) is 8.61 Å². The van der Waals surface area contributed by atoms with Crippen molar-refractivity contribution in [2.75, 3.05) is 51.3 Å². The van der Waals surface area contributed by atoms with Crippen LogP contribution in [0.5, 0.6) is 5.75 Å². The molecule has 0 saturated carbocycles. The predicted octanol–water partition coefficient (Wildman–Crippen LogP) is 3.39. The average molecular weight is 573 g/mol. The normalized spacial score (nSPS) is 20.9. The maximum absolute atomic E-state index is 13.3. The van der Waals surface area contributed by atoms with E-state index in [1.807, 2.05) is 4.90 Å². The number of hydrogen-bond acceptors (Lipinski definition) is 6. The van der Waals surface area contributed by atoms with Gasteiger partial charge >= 0.3 is 0 Å². The number of halogens is 1. The quantitative estimate of drug-likeness (QED) is 0.528. The molecule has 0 N–H and O–H groups in total.